The van der Waals surface area contributed by atoms with Crippen LogP contribution in [0, 0.1) is 0 Å². The van der Waals surface area contributed by atoms with Crippen molar-refractivity contribution in [3.63, 3.8) is 0 Å². The molecule has 1 atom stereocenters. The second-order valence-electron chi connectivity index (χ2n) is 8.12. The average Bonchev–Trinajstić information content (AvgIpc) is 2.80. The van der Waals surface area contributed by atoms with Crippen molar-refractivity contribution >= 4 is 17.5 Å². The molecule has 3 rings (SSSR count). The fourth-order valence-electron chi connectivity index (χ4n) is 3.92. The number of carbonyl (C=O) groups is 1. The van der Waals surface area contributed by atoms with E-state index in [1.54, 1.807) is 25.3 Å². The lowest BCUT2D eigenvalue weighted by Crippen LogP contribution is -2.43. The van der Waals surface area contributed by atoms with Gasteiger partial charge in [-0.05, 0) is 56.4 Å². The summed E-state index contributed by atoms with van der Waals surface area (Å²) in [6.07, 6.45) is 4.38. The van der Waals surface area contributed by atoms with Crippen molar-refractivity contribution in [2.24, 2.45) is 0 Å². The molecule has 1 fully saturated rings. The van der Waals surface area contributed by atoms with E-state index in [9.17, 15) is 4.79 Å². The molecule has 31 heavy (non-hydrogen) atoms. The van der Waals surface area contributed by atoms with Crippen LogP contribution in [0.15, 0.2) is 48.5 Å². The summed E-state index contributed by atoms with van der Waals surface area (Å²) in [6, 6.07) is 16.4. The first kappa shape index (κ1) is 23.6. The van der Waals surface area contributed by atoms with Crippen molar-refractivity contribution in [2.45, 2.75) is 44.8 Å². The Labute approximate surface area is 190 Å². The zero-order chi connectivity index (χ0) is 22.1. The fraction of sp³-hybridized carbons (Fsp3) is 0.480. The maximum Gasteiger partial charge on any atom is 0.251 e. The van der Waals surface area contributed by atoms with Gasteiger partial charge in [0, 0.05) is 38.3 Å². The second-order valence-corrected chi connectivity index (χ2v) is 8.53. The summed E-state index contributed by atoms with van der Waals surface area (Å²) in [4.78, 5) is 14.7. The molecule has 0 saturated carbocycles. The smallest absolute Gasteiger partial charge is 0.251 e. The fourth-order valence-corrected chi connectivity index (χ4v) is 4.15. The van der Waals surface area contributed by atoms with Crippen LogP contribution in [0.3, 0.4) is 0 Å². The van der Waals surface area contributed by atoms with Crippen LogP contribution in [0.4, 0.5) is 0 Å². The largest absolute Gasteiger partial charge is 0.489 e. The number of hydrogen-bond donors (Lipinski definition) is 1. The molecule has 0 spiro atoms. The summed E-state index contributed by atoms with van der Waals surface area (Å²) in [5.74, 6) is 0.481. The van der Waals surface area contributed by atoms with Crippen LogP contribution in [0.25, 0.3) is 0 Å². The van der Waals surface area contributed by atoms with Gasteiger partial charge >= 0.3 is 0 Å². The van der Waals surface area contributed by atoms with Gasteiger partial charge in [0.2, 0.25) is 0 Å². The molecule has 1 saturated heterocycles. The van der Waals surface area contributed by atoms with E-state index in [0.29, 0.717) is 35.5 Å². The molecule has 2 aromatic carbocycles. The van der Waals surface area contributed by atoms with Crippen LogP contribution in [0.1, 0.15) is 42.1 Å². The number of likely N-dealkylation sites (tertiary alicyclic amines) is 1. The first-order chi connectivity index (χ1) is 15.1. The van der Waals surface area contributed by atoms with Crippen molar-refractivity contribution < 1.29 is 14.3 Å². The van der Waals surface area contributed by atoms with Crippen LogP contribution < -0.4 is 10.1 Å². The Kier molecular flexibility index (Phi) is 9.19. The summed E-state index contributed by atoms with van der Waals surface area (Å²) < 4.78 is 11.1. The van der Waals surface area contributed by atoms with Crippen molar-refractivity contribution in [3.05, 3.63) is 64.7 Å². The van der Waals surface area contributed by atoms with E-state index in [1.807, 2.05) is 0 Å². The van der Waals surface area contributed by atoms with Gasteiger partial charge < -0.3 is 19.7 Å². The molecule has 0 aliphatic carbocycles. The van der Waals surface area contributed by atoms with Crippen LogP contribution in [0.2, 0.25) is 5.02 Å². The molecule has 168 valence electrons. The molecular formula is C25H33ClN2O3. The lowest BCUT2D eigenvalue weighted by atomic mass is 10.0. The normalized spacial score (nSPS) is 16.1. The van der Waals surface area contributed by atoms with E-state index in [-0.39, 0.29) is 12.0 Å². The molecule has 1 aliphatic rings. The maximum atomic E-state index is 12.1. The number of halogens is 1. The van der Waals surface area contributed by atoms with E-state index in [0.717, 1.165) is 38.8 Å². The van der Waals surface area contributed by atoms with Crippen molar-refractivity contribution in [2.75, 3.05) is 33.4 Å². The van der Waals surface area contributed by atoms with Gasteiger partial charge in [0.15, 0.2) is 0 Å². The summed E-state index contributed by atoms with van der Waals surface area (Å²) >= 11 is 6.39. The van der Waals surface area contributed by atoms with Gasteiger partial charge in [0.25, 0.3) is 5.91 Å². The molecule has 1 N–H and O–H groups in total. The molecular weight excluding hydrogens is 412 g/mol. The zero-order valence-corrected chi connectivity index (χ0v) is 19.2. The van der Waals surface area contributed by atoms with Crippen molar-refractivity contribution in [1.29, 1.82) is 0 Å². The lowest BCUT2D eigenvalue weighted by molar-refractivity contribution is 0.0776. The maximum absolute atomic E-state index is 12.1. The van der Waals surface area contributed by atoms with Crippen LogP contribution in [-0.2, 0) is 11.2 Å². The number of ether oxygens (including phenoxy) is 2. The van der Waals surface area contributed by atoms with Crippen LogP contribution in [0.5, 0.6) is 5.75 Å². The molecule has 0 bridgehead atoms. The highest BCUT2D eigenvalue weighted by molar-refractivity contribution is 6.32. The Balaban J connectivity index is 1.44. The standard InChI is InChI=1S/C25H33ClN2O3/c1-19(8-9-20-6-4-3-5-7-20)28-15-12-22(13-16-28)31-24-11-10-21(18-23(24)26)25(29)27-14-17-30-2/h3-7,10-11,18-19,22H,8-9,12-17H2,1-2H3,(H,27,29)/t19-/m0/s1. The molecule has 6 heteroatoms. The molecule has 1 amide bonds. The summed E-state index contributed by atoms with van der Waals surface area (Å²) in [6.45, 7) is 5.31. The lowest BCUT2D eigenvalue weighted by Gasteiger charge is -2.36. The van der Waals surface area contributed by atoms with Crippen molar-refractivity contribution in [3.8, 4) is 5.75 Å². The second kappa shape index (κ2) is 12.1. The third-order valence-corrected chi connectivity index (χ3v) is 6.17. The summed E-state index contributed by atoms with van der Waals surface area (Å²) in [7, 11) is 1.60. The number of carbonyl (C=O) groups excluding carboxylic acids is 1. The Hall–Kier alpha value is -2.08. The third-order valence-electron chi connectivity index (χ3n) is 5.87. The molecule has 0 aromatic heterocycles. The minimum atomic E-state index is -0.164. The predicted molar refractivity (Wildman–Crippen MR) is 125 cm³/mol. The third kappa shape index (κ3) is 7.23. The predicted octanol–water partition coefficient (Wildman–Crippen LogP) is 4.58. The first-order valence-corrected chi connectivity index (χ1v) is 11.5. The number of hydrogen-bond acceptors (Lipinski definition) is 4. The van der Waals surface area contributed by atoms with E-state index >= 15 is 0 Å². The summed E-state index contributed by atoms with van der Waals surface area (Å²) in [5, 5.41) is 3.27. The summed E-state index contributed by atoms with van der Waals surface area (Å²) in [5.41, 5.74) is 1.92. The van der Waals surface area contributed by atoms with Gasteiger partial charge in [-0.1, -0.05) is 41.9 Å². The van der Waals surface area contributed by atoms with Gasteiger partial charge in [0.1, 0.15) is 11.9 Å². The van der Waals surface area contributed by atoms with Gasteiger partial charge in [-0.15, -0.1) is 0 Å². The minimum absolute atomic E-state index is 0.149. The van der Waals surface area contributed by atoms with E-state index in [2.05, 4.69) is 47.5 Å². The van der Waals surface area contributed by atoms with Gasteiger partial charge in [-0.2, -0.15) is 0 Å². The van der Waals surface area contributed by atoms with E-state index in [4.69, 9.17) is 21.1 Å². The van der Waals surface area contributed by atoms with E-state index in [1.165, 1.54) is 5.56 Å². The SMILES string of the molecule is COCCNC(=O)c1ccc(OC2CCN([C@@H](C)CCc3ccccc3)CC2)c(Cl)c1. The molecule has 2 aromatic rings. The van der Waals surface area contributed by atoms with Gasteiger partial charge in [-0.3, -0.25) is 4.79 Å². The highest BCUT2D eigenvalue weighted by Crippen LogP contribution is 2.29. The number of amides is 1. The number of nitrogens with zero attached hydrogens (tertiary/aromatic N) is 1. The molecule has 0 unspecified atom stereocenters. The van der Waals surface area contributed by atoms with Crippen LogP contribution in [-0.4, -0.2) is 56.3 Å². The molecule has 0 radical (unpaired) electrons. The first-order valence-electron chi connectivity index (χ1n) is 11.1. The number of nitrogens with one attached hydrogen (secondary N) is 1. The molecule has 1 aliphatic heterocycles. The highest BCUT2D eigenvalue weighted by Gasteiger charge is 2.24. The Bertz CT molecular complexity index is 823. The zero-order valence-electron chi connectivity index (χ0n) is 18.5. The Morgan fingerprint density at radius 3 is 2.61 bits per heavy atom. The van der Waals surface area contributed by atoms with Gasteiger partial charge in [-0.25, -0.2) is 0 Å². The Morgan fingerprint density at radius 2 is 1.94 bits per heavy atom. The molecule has 1 heterocycles. The monoisotopic (exact) mass is 444 g/mol. The number of benzene rings is 2. The number of piperidine rings is 1. The number of methoxy groups -OCH3 is 1. The van der Waals surface area contributed by atoms with Crippen LogP contribution >= 0.6 is 11.6 Å². The topological polar surface area (TPSA) is 50.8 Å². The highest BCUT2D eigenvalue weighted by atomic mass is 35.5. The molecule has 5 nitrogen and oxygen atoms in total. The number of aryl methyl sites for hydroxylation is 1. The number of rotatable bonds is 10. The quantitative estimate of drug-likeness (QED) is 0.545. The van der Waals surface area contributed by atoms with Gasteiger partial charge in [0.05, 0.1) is 11.6 Å². The average molecular weight is 445 g/mol. The minimum Gasteiger partial charge on any atom is -0.489 e. The Morgan fingerprint density at radius 1 is 1.19 bits per heavy atom. The van der Waals surface area contributed by atoms with E-state index < -0.39 is 0 Å². The van der Waals surface area contributed by atoms with Crippen molar-refractivity contribution in [1.82, 2.24) is 10.2 Å².